The van der Waals surface area contributed by atoms with Crippen LogP contribution in [0.2, 0.25) is 0 Å². The Bertz CT molecular complexity index is 1910. The van der Waals surface area contributed by atoms with Crippen LogP contribution >= 0.6 is 0 Å². The van der Waals surface area contributed by atoms with E-state index in [0.29, 0.717) is 12.5 Å². The van der Waals surface area contributed by atoms with Gasteiger partial charge in [0.15, 0.2) is 0 Å². The van der Waals surface area contributed by atoms with Crippen LogP contribution in [0.5, 0.6) is 5.75 Å². The van der Waals surface area contributed by atoms with Crippen molar-refractivity contribution in [2.45, 2.75) is 85.8 Å². The third-order valence-corrected chi connectivity index (χ3v) is 9.89. The number of carbonyl (C=O) groups excluding carboxylic acids is 1. The van der Waals surface area contributed by atoms with Crippen molar-refractivity contribution in [3.63, 3.8) is 0 Å². The molecule has 4 rings (SSSR count). The number of hydrogen-bond donors (Lipinski definition) is 0. The summed E-state index contributed by atoms with van der Waals surface area (Å²) in [5.41, 5.74) is 0. The van der Waals surface area contributed by atoms with Gasteiger partial charge in [-0.15, -0.1) is 0 Å². The van der Waals surface area contributed by atoms with Crippen LogP contribution in [0.4, 0.5) is 0 Å². The average molecular weight is 638 g/mol. The first-order valence-corrected chi connectivity index (χ1v) is 17.7. The zero-order valence-electron chi connectivity index (χ0n) is 22.8. The van der Waals surface area contributed by atoms with Crippen LogP contribution in [0.15, 0.2) is 51.1 Å². The average Bonchev–Trinajstić information content (AvgIpc) is 2.89. The van der Waals surface area contributed by atoms with Crippen LogP contribution in [0.3, 0.4) is 0 Å². The Balaban J connectivity index is 1.77. The summed E-state index contributed by atoms with van der Waals surface area (Å²) in [6, 6.07) is 5.94. The lowest BCUT2D eigenvalue weighted by atomic mass is 9.93. The van der Waals surface area contributed by atoms with Crippen molar-refractivity contribution in [1.29, 1.82) is 0 Å². The zero-order chi connectivity index (χ0) is 30.9. The zero-order valence-corrected chi connectivity index (χ0v) is 25.2. The maximum absolute atomic E-state index is 12.7. The van der Waals surface area contributed by atoms with Crippen LogP contribution < -0.4 is 4.74 Å². The third-order valence-electron chi connectivity index (χ3n) is 7.26. The smallest absolute Gasteiger partial charge is 0.311 e. The molecule has 14 heteroatoms. The Morgan fingerprint density at radius 2 is 0.976 bits per heavy atom. The number of ether oxygens (including phenoxy) is 1. The van der Waals surface area contributed by atoms with Crippen molar-refractivity contribution in [2.75, 3.05) is 0 Å². The van der Waals surface area contributed by atoms with Crippen LogP contribution in [-0.2, 0) is 35.1 Å². The van der Waals surface area contributed by atoms with E-state index in [2.05, 4.69) is 6.92 Å². The molecular weight excluding hydrogens is 608 g/mol. The van der Waals surface area contributed by atoms with Crippen molar-refractivity contribution in [3.05, 3.63) is 36.4 Å². The minimum Gasteiger partial charge on any atom is -0.744 e. The second-order valence-electron chi connectivity index (χ2n) is 10.2. The van der Waals surface area contributed by atoms with Gasteiger partial charge in [0, 0.05) is 38.7 Å². The van der Waals surface area contributed by atoms with Gasteiger partial charge >= 0.3 is 5.97 Å². The Morgan fingerprint density at radius 3 is 1.43 bits per heavy atom. The maximum atomic E-state index is 12.7. The van der Waals surface area contributed by atoms with Gasteiger partial charge in [0.2, 0.25) is 0 Å². The largest absolute Gasteiger partial charge is 0.744 e. The van der Waals surface area contributed by atoms with Gasteiger partial charge in [-0.1, -0.05) is 76.5 Å². The second kappa shape index (κ2) is 12.4. The minimum atomic E-state index is -5.32. The van der Waals surface area contributed by atoms with Crippen LogP contribution in [-0.4, -0.2) is 44.9 Å². The van der Waals surface area contributed by atoms with E-state index >= 15 is 0 Å². The van der Waals surface area contributed by atoms with E-state index in [4.69, 9.17) is 4.74 Å². The van der Waals surface area contributed by atoms with Crippen LogP contribution in [0.1, 0.15) is 71.1 Å². The predicted molar refractivity (Wildman–Crippen MR) is 152 cm³/mol. The van der Waals surface area contributed by atoms with E-state index < -0.39 is 51.0 Å². The van der Waals surface area contributed by atoms with Gasteiger partial charge in [0.25, 0.3) is 0 Å². The number of unbranched alkanes of at least 4 members (excludes halogenated alkanes) is 8. The fourth-order valence-corrected chi connectivity index (χ4v) is 7.49. The number of carbonyl (C=O) groups is 1. The summed E-state index contributed by atoms with van der Waals surface area (Å²) in [6.45, 7) is 2.15. The quantitative estimate of drug-likeness (QED) is 0.0584. The molecule has 0 heterocycles. The van der Waals surface area contributed by atoms with Crippen molar-refractivity contribution >= 4 is 68.6 Å². The first-order chi connectivity index (χ1) is 19.6. The van der Waals surface area contributed by atoms with Gasteiger partial charge in [0.05, 0.1) is 14.7 Å². The van der Waals surface area contributed by atoms with Gasteiger partial charge in [-0.25, -0.2) is 25.3 Å². The predicted octanol–water partition coefficient (Wildman–Crippen LogP) is 5.12. The highest BCUT2D eigenvalue weighted by Gasteiger charge is 2.24. The van der Waals surface area contributed by atoms with Gasteiger partial charge in [-0.05, 0) is 24.6 Å². The SMILES string of the molecule is CCCCCCCCCCCC(=O)Oc1cc(S(=O)(=O)[O-])c2ccc3c(S(=O)(=O)[O-])cc(S(=O)(=O)[O-])c4ccc1c2c43. The van der Waals surface area contributed by atoms with Crippen molar-refractivity contribution in [2.24, 2.45) is 0 Å². The normalized spacial score (nSPS) is 13.0. The Hall–Kier alpha value is -2.88. The molecule has 0 bridgehead atoms. The highest BCUT2D eigenvalue weighted by molar-refractivity contribution is 7.87. The first-order valence-electron chi connectivity index (χ1n) is 13.5. The molecule has 0 unspecified atom stereocenters. The second-order valence-corrected chi connectivity index (χ2v) is 14.3. The summed E-state index contributed by atoms with van der Waals surface area (Å²) >= 11 is 0. The topological polar surface area (TPSA) is 198 Å². The molecule has 4 aromatic rings. The number of benzene rings is 4. The fraction of sp³-hybridized carbons (Fsp3) is 0.393. The molecule has 0 aromatic heterocycles. The Morgan fingerprint density at radius 1 is 0.595 bits per heavy atom. The number of esters is 1. The van der Waals surface area contributed by atoms with Gasteiger partial charge in [-0.2, -0.15) is 0 Å². The van der Waals surface area contributed by atoms with Crippen molar-refractivity contribution < 1.29 is 48.4 Å². The summed E-state index contributed by atoms with van der Waals surface area (Å²) in [4.78, 5) is 9.88. The van der Waals surface area contributed by atoms with E-state index in [9.17, 15) is 43.7 Å². The summed E-state index contributed by atoms with van der Waals surface area (Å²) < 4.78 is 115. The molecule has 0 aliphatic rings. The molecule has 0 saturated heterocycles. The highest BCUT2D eigenvalue weighted by Crippen LogP contribution is 2.45. The van der Waals surface area contributed by atoms with Gasteiger partial charge < -0.3 is 18.4 Å². The molecule has 0 saturated carbocycles. The van der Waals surface area contributed by atoms with Crippen LogP contribution in [0.25, 0.3) is 32.3 Å². The van der Waals surface area contributed by atoms with E-state index in [1.54, 1.807) is 0 Å². The van der Waals surface area contributed by atoms with Gasteiger partial charge in [-0.3, -0.25) is 4.79 Å². The molecule has 0 fully saturated rings. The standard InChI is InChI=1S/C28H32O11S3/c1-2-3-4-5-6-7-8-9-10-11-26(29)39-22-16-23(40(30,31)32)19-14-15-21-25(42(36,37)38)17-24(41(33,34)35)20-13-12-18(22)27(19)28(20)21/h12-17H,2-11H2,1H3,(H,30,31,32)(H,33,34,35)(H,36,37,38)/p-3. The number of hydrogen-bond acceptors (Lipinski definition) is 11. The minimum absolute atomic E-state index is 0.00835. The molecule has 4 aromatic carbocycles. The van der Waals surface area contributed by atoms with E-state index in [1.165, 1.54) is 37.8 Å². The maximum Gasteiger partial charge on any atom is 0.311 e. The molecule has 0 aliphatic heterocycles. The Labute approximate surface area is 244 Å². The fourth-order valence-electron chi connectivity index (χ4n) is 5.32. The molecule has 0 N–H and O–H groups in total. The molecule has 42 heavy (non-hydrogen) atoms. The monoisotopic (exact) mass is 637 g/mol. The highest BCUT2D eigenvalue weighted by atomic mass is 32.2. The number of rotatable bonds is 14. The molecule has 0 spiro atoms. The van der Waals surface area contributed by atoms with E-state index in [0.717, 1.165) is 43.9 Å². The molecule has 11 nitrogen and oxygen atoms in total. The lowest BCUT2D eigenvalue weighted by molar-refractivity contribution is -0.134. The summed E-state index contributed by atoms with van der Waals surface area (Å²) in [5.74, 6) is -1.03. The lowest BCUT2D eigenvalue weighted by Crippen LogP contribution is -2.10. The first kappa shape index (κ1) is 32.0. The van der Waals surface area contributed by atoms with Crippen molar-refractivity contribution in [3.8, 4) is 5.75 Å². The Kier molecular flexibility index (Phi) is 9.45. The molecule has 228 valence electrons. The van der Waals surface area contributed by atoms with E-state index in [-0.39, 0.29) is 44.5 Å². The molecule has 0 aliphatic carbocycles. The summed E-state index contributed by atoms with van der Waals surface area (Å²) in [6.07, 6.45) is 9.14. The molecule has 0 atom stereocenters. The summed E-state index contributed by atoms with van der Waals surface area (Å²) in [5, 5.41) is -1.17. The van der Waals surface area contributed by atoms with Crippen LogP contribution in [0, 0.1) is 0 Å². The van der Waals surface area contributed by atoms with E-state index in [1.807, 2.05) is 0 Å². The third kappa shape index (κ3) is 6.84. The van der Waals surface area contributed by atoms with Crippen molar-refractivity contribution in [1.82, 2.24) is 0 Å². The molecule has 0 radical (unpaired) electrons. The lowest BCUT2D eigenvalue weighted by Gasteiger charge is -2.22. The molecular formula is C28H29O11S3-3. The molecule has 0 amide bonds. The van der Waals surface area contributed by atoms with Gasteiger partial charge in [0.1, 0.15) is 36.1 Å². The summed E-state index contributed by atoms with van der Waals surface area (Å²) in [7, 11) is -15.8.